The lowest BCUT2D eigenvalue weighted by Gasteiger charge is -2.20. The number of anilines is 1. The Bertz CT molecular complexity index is 2260. The van der Waals surface area contributed by atoms with Gasteiger partial charge in [0.25, 0.3) is 11.8 Å². The summed E-state index contributed by atoms with van der Waals surface area (Å²) in [5.74, 6) is -1.12. The molecule has 4 nitrogen and oxygen atoms in total. The summed E-state index contributed by atoms with van der Waals surface area (Å²) in [4.78, 5) is 29.3. The monoisotopic (exact) mass is 642 g/mol. The van der Waals surface area contributed by atoms with Crippen molar-refractivity contribution in [3.05, 3.63) is 130 Å². The molecule has 1 aromatic heterocycles. The summed E-state index contributed by atoms with van der Waals surface area (Å²) in [5, 5.41) is 1.20. The molecule has 5 aromatic carbocycles. The van der Waals surface area contributed by atoms with Crippen molar-refractivity contribution in [1.29, 1.82) is 0 Å². The number of rotatable bonds is 3. The first-order valence-electron chi connectivity index (χ1n) is 14.6. The molecule has 0 radical (unpaired) electrons. The second-order valence-electron chi connectivity index (χ2n) is 11.7. The molecule has 0 bridgehead atoms. The molecule has 0 fully saturated rings. The Morgan fingerprint density at radius 2 is 1.17 bits per heavy atom. The minimum atomic E-state index is -5.04. The van der Waals surface area contributed by atoms with Crippen LogP contribution in [0.15, 0.2) is 91.0 Å². The van der Waals surface area contributed by atoms with E-state index >= 15 is 0 Å². The van der Waals surface area contributed by atoms with Crippen molar-refractivity contribution >= 4 is 39.3 Å². The van der Waals surface area contributed by atoms with Gasteiger partial charge >= 0.3 is 12.4 Å². The lowest BCUT2D eigenvalue weighted by molar-refractivity contribution is -0.143. The van der Waals surface area contributed by atoms with E-state index in [2.05, 4.69) is 0 Å². The van der Waals surface area contributed by atoms with Gasteiger partial charge in [0.05, 0.1) is 44.7 Å². The van der Waals surface area contributed by atoms with Crippen LogP contribution in [0.4, 0.5) is 32.0 Å². The first kappa shape index (κ1) is 30.3. The minimum absolute atomic E-state index is 0.0781. The number of aromatic nitrogens is 1. The third-order valence-corrected chi connectivity index (χ3v) is 8.59. The Morgan fingerprint density at radius 3 is 1.81 bits per heavy atom. The van der Waals surface area contributed by atoms with Gasteiger partial charge in [-0.15, -0.1) is 0 Å². The van der Waals surface area contributed by atoms with Crippen LogP contribution < -0.4 is 4.90 Å². The molecule has 1 aliphatic heterocycles. The van der Waals surface area contributed by atoms with Gasteiger partial charge in [0.15, 0.2) is 0 Å². The Hall–Kier alpha value is -5.38. The van der Waals surface area contributed by atoms with E-state index in [4.69, 9.17) is 0 Å². The number of para-hydroxylation sites is 2. The van der Waals surface area contributed by atoms with E-state index < -0.39 is 35.3 Å². The molecule has 10 heteroatoms. The Labute approximate surface area is 264 Å². The second-order valence-corrected chi connectivity index (χ2v) is 11.7. The average molecular weight is 643 g/mol. The van der Waals surface area contributed by atoms with Gasteiger partial charge in [-0.1, -0.05) is 60.2 Å². The number of carbonyl (C=O) groups excluding carboxylic acids is 2. The van der Waals surface area contributed by atoms with E-state index in [9.17, 15) is 35.9 Å². The van der Waals surface area contributed by atoms with Crippen molar-refractivity contribution < 1.29 is 35.9 Å². The molecule has 2 amide bonds. The van der Waals surface area contributed by atoms with Crippen molar-refractivity contribution in [2.45, 2.75) is 33.1 Å². The van der Waals surface area contributed by atoms with Crippen LogP contribution >= 0.6 is 0 Å². The maximum Gasteiger partial charge on any atom is 0.416 e. The third kappa shape index (κ3) is 4.69. The summed E-state index contributed by atoms with van der Waals surface area (Å²) >= 11 is 0. The normalized spacial score (nSPS) is 13.7. The van der Waals surface area contributed by atoms with E-state index in [1.165, 1.54) is 12.1 Å². The highest BCUT2D eigenvalue weighted by atomic mass is 19.4. The molecule has 236 valence electrons. The van der Waals surface area contributed by atoms with Crippen LogP contribution in [-0.4, -0.2) is 16.4 Å². The van der Waals surface area contributed by atoms with E-state index in [1.54, 1.807) is 53.1 Å². The number of aryl methyl sites for hydroxylation is 3. The van der Waals surface area contributed by atoms with Crippen molar-refractivity contribution in [1.82, 2.24) is 4.57 Å². The lowest BCUT2D eigenvalue weighted by Crippen LogP contribution is -2.31. The smallest absolute Gasteiger partial charge is 0.308 e. The van der Waals surface area contributed by atoms with Crippen molar-refractivity contribution in [2.75, 3.05) is 4.90 Å². The highest BCUT2D eigenvalue weighted by molar-refractivity contribution is 6.36. The van der Waals surface area contributed by atoms with Crippen molar-refractivity contribution in [3.63, 3.8) is 0 Å². The zero-order valence-electron chi connectivity index (χ0n) is 25.1. The Kier molecular flexibility index (Phi) is 6.65. The zero-order chi connectivity index (χ0) is 33.6. The first-order chi connectivity index (χ1) is 22.2. The van der Waals surface area contributed by atoms with Crippen molar-refractivity contribution in [3.8, 4) is 16.8 Å². The number of fused-ring (bicyclic) bond motifs is 4. The molecule has 0 N–H and O–H groups in total. The number of imide groups is 1. The first-order valence-corrected chi connectivity index (χ1v) is 14.6. The summed E-state index contributed by atoms with van der Waals surface area (Å²) in [6, 6.07) is 21.8. The molecule has 7 rings (SSSR count). The quantitative estimate of drug-likeness (QED) is 0.142. The van der Waals surface area contributed by atoms with E-state index in [0.29, 0.717) is 34.1 Å². The highest BCUT2D eigenvalue weighted by Crippen LogP contribution is 2.44. The predicted octanol–water partition coefficient (Wildman–Crippen LogP) is 10.2. The van der Waals surface area contributed by atoms with Gasteiger partial charge in [-0.2, -0.15) is 26.3 Å². The number of alkyl halides is 6. The number of hydrogen-bond acceptors (Lipinski definition) is 2. The number of halogens is 6. The molecule has 6 aromatic rings. The summed E-state index contributed by atoms with van der Waals surface area (Å²) in [6.45, 7) is 5.53. The molecule has 47 heavy (non-hydrogen) atoms. The van der Waals surface area contributed by atoms with Gasteiger partial charge in [0.1, 0.15) is 0 Å². The fourth-order valence-electron chi connectivity index (χ4n) is 6.79. The van der Waals surface area contributed by atoms with Gasteiger partial charge in [0.2, 0.25) is 0 Å². The van der Waals surface area contributed by atoms with Crippen LogP contribution in [-0.2, 0) is 12.4 Å². The molecule has 2 heterocycles. The van der Waals surface area contributed by atoms with E-state index in [1.807, 2.05) is 32.9 Å². The minimum Gasteiger partial charge on any atom is -0.308 e. The SMILES string of the molecule is Cc1cc(C)c(N2C(=O)c3cccc(-n4c5ccccc5c5cccc(-c6cc(C(F)(F)F)cc(C(F)(F)F)c6)c54)c3C2=O)c(C)c1. The molecule has 1 aliphatic rings. The zero-order valence-corrected chi connectivity index (χ0v) is 25.1. The summed E-state index contributed by atoms with van der Waals surface area (Å²) in [6.07, 6.45) is -10.1. The number of nitrogens with zero attached hydrogens (tertiary/aromatic N) is 2. The molecule has 0 unspecified atom stereocenters. The average Bonchev–Trinajstić information content (AvgIpc) is 3.47. The predicted molar refractivity (Wildman–Crippen MR) is 168 cm³/mol. The molecule has 0 spiro atoms. The maximum atomic E-state index is 14.3. The summed E-state index contributed by atoms with van der Waals surface area (Å²) in [7, 11) is 0. The maximum absolute atomic E-state index is 14.3. The second kappa shape index (κ2) is 10.3. The van der Waals surface area contributed by atoms with Gasteiger partial charge in [-0.3, -0.25) is 9.59 Å². The largest absolute Gasteiger partial charge is 0.416 e. The molecule has 0 aliphatic carbocycles. The Balaban J connectivity index is 1.55. The Morgan fingerprint density at radius 1 is 0.596 bits per heavy atom. The number of benzene rings is 5. The van der Waals surface area contributed by atoms with Gasteiger partial charge in [-0.05, 0) is 73.9 Å². The van der Waals surface area contributed by atoms with Crippen LogP contribution in [0.5, 0.6) is 0 Å². The van der Waals surface area contributed by atoms with E-state index in [-0.39, 0.29) is 39.5 Å². The highest BCUT2D eigenvalue weighted by Gasteiger charge is 2.41. The van der Waals surface area contributed by atoms with Gasteiger partial charge in [0, 0.05) is 16.3 Å². The number of carbonyl (C=O) groups is 2. The van der Waals surface area contributed by atoms with Crippen LogP contribution in [0.2, 0.25) is 0 Å². The molecular weight excluding hydrogens is 618 g/mol. The number of hydrogen-bond donors (Lipinski definition) is 0. The fraction of sp³-hybridized carbons (Fsp3) is 0.135. The van der Waals surface area contributed by atoms with Crippen LogP contribution in [0.25, 0.3) is 38.6 Å². The third-order valence-electron chi connectivity index (χ3n) is 8.59. The van der Waals surface area contributed by atoms with Gasteiger partial charge < -0.3 is 4.57 Å². The van der Waals surface area contributed by atoms with Crippen molar-refractivity contribution in [2.24, 2.45) is 0 Å². The fourth-order valence-corrected chi connectivity index (χ4v) is 6.79. The topological polar surface area (TPSA) is 42.3 Å². The van der Waals surface area contributed by atoms with E-state index in [0.717, 1.165) is 21.6 Å². The molecular formula is C37H24F6N2O2. The van der Waals surface area contributed by atoms with Crippen LogP contribution in [0.3, 0.4) is 0 Å². The lowest BCUT2D eigenvalue weighted by atomic mass is 9.97. The van der Waals surface area contributed by atoms with Gasteiger partial charge in [-0.25, -0.2) is 4.90 Å². The molecule has 0 saturated carbocycles. The number of amides is 2. The summed E-state index contributed by atoms with van der Waals surface area (Å²) in [5.41, 5.74) is 1.09. The molecule has 0 saturated heterocycles. The standard InChI is InChI=1S/C37H24F6N2O2/c1-19-14-20(2)32(21(3)15-19)45-34(46)28-11-7-13-30(31(28)35(45)47)44-29-12-5-4-8-26(29)27-10-6-9-25(33(27)44)22-16-23(36(38,39)40)18-24(17-22)37(41,42)43/h4-18H,1-3H3. The summed E-state index contributed by atoms with van der Waals surface area (Å²) < 4.78 is 85.1. The molecule has 0 atom stereocenters. The van der Waals surface area contributed by atoms with Crippen LogP contribution in [0.1, 0.15) is 48.5 Å². The van der Waals surface area contributed by atoms with Crippen LogP contribution in [0, 0.1) is 20.8 Å².